The second-order valence-electron chi connectivity index (χ2n) is 5.87. The van der Waals surface area contributed by atoms with Gasteiger partial charge in [-0.1, -0.05) is 23.9 Å². The summed E-state index contributed by atoms with van der Waals surface area (Å²) in [7, 11) is 0. The van der Waals surface area contributed by atoms with Gasteiger partial charge >= 0.3 is 0 Å². The second kappa shape index (κ2) is 7.20. The van der Waals surface area contributed by atoms with E-state index in [1.54, 1.807) is 30.5 Å². The lowest BCUT2D eigenvalue weighted by Crippen LogP contribution is -2.38. The molecular weight excluding hydrogens is 365 g/mol. The van der Waals surface area contributed by atoms with Crippen molar-refractivity contribution in [2.45, 2.75) is 9.92 Å². The SMILES string of the molecule is O=C(CN1C(=O)c2ccccc2Sc2ncccc21)Nc1ccc(F)cc1. The highest BCUT2D eigenvalue weighted by Gasteiger charge is 2.29. The molecule has 4 rings (SSSR count). The zero-order valence-electron chi connectivity index (χ0n) is 14.1. The third-order valence-electron chi connectivity index (χ3n) is 4.04. The molecule has 27 heavy (non-hydrogen) atoms. The fourth-order valence-electron chi connectivity index (χ4n) is 2.79. The van der Waals surface area contributed by atoms with Crippen molar-refractivity contribution in [3.05, 3.63) is 78.2 Å². The molecule has 3 aromatic rings. The van der Waals surface area contributed by atoms with E-state index in [9.17, 15) is 14.0 Å². The lowest BCUT2D eigenvalue weighted by molar-refractivity contribution is -0.114. The maximum Gasteiger partial charge on any atom is 0.259 e. The molecule has 0 saturated heterocycles. The minimum atomic E-state index is -0.385. The highest BCUT2D eigenvalue weighted by molar-refractivity contribution is 7.99. The van der Waals surface area contributed by atoms with E-state index in [4.69, 9.17) is 0 Å². The normalized spacial score (nSPS) is 12.8. The van der Waals surface area contributed by atoms with E-state index in [1.165, 1.54) is 40.9 Å². The number of anilines is 2. The van der Waals surface area contributed by atoms with E-state index in [2.05, 4.69) is 10.3 Å². The summed E-state index contributed by atoms with van der Waals surface area (Å²) in [6, 6.07) is 16.2. The molecule has 0 saturated carbocycles. The zero-order chi connectivity index (χ0) is 18.8. The van der Waals surface area contributed by atoms with E-state index in [-0.39, 0.29) is 24.2 Å². The summed E-state index contributed by atoms with van der Waals surface area (Å²) >= 11 is 1.40. The van der Waals surface area contributed by atoms with Crippen LogP contribution in [0.4, 0.5) is 15.8 Å². The Balaban J connectivity index is 1.65. The van der Waals surface area contributed by atoms with Crippen LogP contribution in [0.1, 0.15) is 10.4 Å². The fraction of sp³-hybridized carbons (Fsp3) is 0.0500. The van der Waals surface area contributed by atoms with Crippen molar-refractivity contribution in [3.63, 3.8) is 0 Å². The molecule has 0 unspecified atom stereocenters. The van der Waals surface area contributed by atoms with Crippen LogP contribution in [0.25, 0.3) is 0 Å². The van der Waals surface area contributed by atoms with Gasteiger partial charge in [0.25, 0.3) is 5.91 Å². The van der Waals surface area contributed by atoms with Crippen molar-refractivity contribution >= 4 is 35.0 Å². The van der Waals surface area contributed by atoms with Crippen molar-refractivity contribution in [1.29, 1.82) is 0 Å². The molecule has 2 heterocycles. The van der Waals surface area contributed by atoms with Crippen LogP contribution in [0.5, 0.6) is 0 Å². The zero-order valence-corrected chi connectivity index (χ0v) is 14.9. The first kappa shape index (κ1) is 17.2. The third kappa shape index (κ3) is 3.54. The van der Waals surface area contributed by atoms with Crippen molar-refractivity contribution in [2.24, 2.45) is 0 Å². The molecule has 134 valence electrons. The Bertz CT molecular complexity index is 1020. The summed E-state index contributed by atoms with van der Waals surface area (Å²) in [5.74, 6) is -1.03. The molecule has 0 radical (unpaired) electrons. The third-order valence-corrected chi connectivity index (χ3v) is 5.12. The van der Waals surface area contributed by atoms with Crippen LogP contribution in [0.15, 0.2) is 76.8 Å². The molecule has 1 aliphatic rings. The van der Waals surface area contributed by atoms with E-state index in [1.807, 2.05) is 12.1 Å². The topological polar surface area (TPSA) is 62.3 Å². The molecule has 1 aromatic heterocycles. The fourth-order valence-corrected chi connectivity index (χ4v) is 3.81. The maximum atomic E-state index is 13.1. The van der Waals surface area contributed by atoms with Gasteiger partial charge in [0.15, 0.2) is 0 Å². The minimum absolute atomic E-state index is 0.177. The van der Waals surface area contributed by atoms with Crippen molar-refractivity contribution < 1.29 is 14.0 Å². The lowest BCUT2D eigenvalue weighted by Gasteiger charge is -2.21. The second-order valence-corrected chi connectivity index (χ2v) is 6.90. The molecule has 0 fully saturated rings. The molecule has 2 aromatic carbocycles. The number of benzene rings is 2. The summed E-state index contributed by atoms with van der Waals surface area (Å²) in [6.45, 7) is -0.177. The lowest BCUT2D eigenvalue weighted by atomic mass is 10.2. The van der Waals surface area contributed by atoms with Gasteiger partial charge in [0.05, 0.1) is 11.3 Å². The summed E-state index contributed by atoms with van der Waals surface area (Å²) < 4.78 is 13.0. The quantitative estimate of drug-likeness (QED) is 0.748. The van der Waals surface area contributed by atoms with Crippen molar-refractivity contribution in [1.82, 2.24) is 4.98 Å². The summed E-state index contributed by atoms with van der Waals surface area (Å²) in [5, 5.41) is 3.34. The van der Waals surface area contributed by atoms with E-state index in [0.29, 0.717) is 22.0 Å². The van der Waals surface area contributed by atoms with Gasteiger partial charge in [0, 0.05) is 16.8 Å². The van der Waals surface area contributed by atoms with Gasteiger partial charge < -0.3 is 5.32 Å². The molecule has 1 N–H and O–H groups in total. The maximum absolute atomic E-state index is 13.1. The highest BCUT2D eigenvalue weighted by atomic mass is 32.2. The first-order chi connectivity index (χ1) is 13.1. The first-order valence-electron chi connectivity index (χ1n) is 8.21. The number of hydrogen-bond donors (Lipinski definition) is 1. The Kier molecular flexibility index (Phi) is 4.60. The number of pyridine rings is 1. The summed E-state index contributed by atoms with van der Waals surface area (Å²) in [4.78, 5) is 32.2. The molecule has 0 aliphatic carbocycles. The number of aromatic nitrogens is 1. The largest absolute Gasteiger partial charge is 0.325 e. The predicted octanol–water partition coefficient (Wildman–Crippen LogP) is 3.97. The number of carbonyl (C=O) groups excluding carboxylic acids is 2. The minimum Gasteiger partial charge on any atom is -0.325 e. The number of carbonyl (C=O) groups is 2. The summed E-state index contributed by atoms with van der Waals surface area (Å²) in [5.41, 5.74) is 1.57. The molecule has 0 atom stereocenters. The number of halogens is 1. The molecule has 7 heteroatoms. The van der Waals surface area contributed by atoms with Gasteiger partial charge in [-0.3, -0.25) is 14.5 Å². The van der Waals surface area contributed by atoms with E-state index in [0.717, 1.165) is 4.90 Å². The Hall–Kier alpha value is -3.19. The summed E-state index contributed by atoms with van der Waals surface area (Å²) in [6.07, 6.45) is 1.65. The Morgan fingerprint density at radius 1 is 1.07 bits per heavy atom. The number of fused-ring (bicyclic) bond motifs is 2. The van der Waals surface area contributed by atoms with Gasteiger partial charge in [-0.25, -0.2) is 9.37 Å². The van der Waals surface area contributed by atoms with Crippen LogP contribution in [0, 0.1) is 5.82 Å². The first-order valence-corrected chi connectivity index (χ1v) is 9.02. The van der Waals surface area contributed by atoms with Gasteiger partial charge in [-0.2, -0.15) is 0 Å². The van der Waals surface area contributed by atoms with Crippen LogP contribution in [0.2, 0.25) is 0 Å². The van der Waals surface area contributed by atoms with Crippen LogP contribution in [0.3, 0.4) is 0 Å². The van der Waals surface area contributed by atoms with Gasteiger partial charge in [-0.05, 0) is 48.5 Å². The standard InChI is InChI=1S/C20H14FN3O2S/c21-13-7-9-14(10-8-13)23-18(25)12-24-16-5-3-11-22-19(16)27-17-6-2-1-4-15(17)20(24)26/h1-11H,12H2,(H,23,25). The van der Waals surface area contributed by atoms with Crippen LogP contribution >= 0.6 is 11.8 Å². The van der Waals surface area contributed by atoms with Gasteiger partial charge in [0.1, 0.15) is 17.4 Å². The number of amides is 2. The monoisotopic (exact) mass is 379 g/mol. The Morgan fingerprint density at radius 2 is 1.85 bits per heavy atom. The van der Waals surface area contributed by atoms with Crippen molar-refractivity contribution in [2.75, 3.05) is 16.8 Å². The average molecular weight is 379 g/mol. The molecule has 5 nitrogen and oxygen atoms in total. The Labute approximate surface area is 159 Å². The van der Waals surface area contributed by atoms with Crippen LogP contribution < -0.4 is 10.2 Å². The molecular formula is C20H14FN3O2S. The van der Waals surface area contributed by atoms with Crippen molar-refractivity contribution in [3.8, 4) is 0 Å². The Morgan fingerprint density at radius 3 is 2.67 bits per heavy atom. The predicted molar refractivity (Wildman–Crippen MR) is 102 cm³/mol. The van der Waals surface area contributed by atoms with Gasteiger partial charge in [-0.15, -0.1) is 0 Å². The highest BCUT2D eigenvalue weighted by Crippen LogP contribution is 2.39. The van der Waals surface area contributed by atoms with E-state index >= 15 is 0 Å². The number of rotatable bonds is 3. The number of nitrogens with zero attached hydrogens (tertiary/aromatic N) is 2. The van der Waals surface area contributed by atoms with Crippen LogP contribution in [-0.4, -0.2) is 23.3 Å². The van der Waals surface area contributed by atoms with Gasteiger partial charge in [0.2, 0.25) is 5.91 Å². The molecule has 0 bridgehead atoms. The van der Waals surface area contributed by atoms with Crippen LogP contribution in [-0.2, 0) is 4.79 Å². The molecule has 2 amide bonds. The average Bonchev–Trinajstić information content (AvgIpc) is 2.79. The number of nitrogens with one attached hydrogen (secondary N) is 1. The molecule has 0 spiro atoms. The smallest absolute Gasteiger partial charge is 0.259 e. The van der Waals surface area contributed by atoms with E-state index < -0.39 is 0 Å². The number of hydrogen-bond acceptors (Lipinski definition) is 4. The molecule has 1 aliphatic heterocycles.